The average molecular weight is 253 g/mol. The van der Waals surface area contributed by atoms with Crippen molar-refractivity contribution in [3.63, 3.8) is 0 Å². The fourth-order valence-electron chi connectivity index (χ4n) is 2.23. The van der Waals surface area contributed by atoms with E-state index in [9.17, 15) is 0 Å². The summed E-state index contributed by atoms with van der Waals surface area (Å²) in [6.45, 7) is 0.969. The third-order valence-corrected chi connectivity index (χ3v) is 3.54. The largest absolute Gasteiger partial charge is 0.496 e. The van der Waals surface area contributed by atoms with Gasteiger partial charge in [0.15, 0.2) is 0 Å². The zero-order chi connectivity index (χ0) is 13.1. The molecule has 0 saturated heterocycles. The zero-order valence-corrected chi connectivity index (χ0v) is 11.2. The molecular weight excluding hydrogens is 234 g/mol. The van der Waals surface area contributed by atoms with Crippen LogP contribution in [0.15, 0.2) is 48.5 Å². The first-order valence-corrected chi connectivity index (χ1v) is 6.82. The van der Waals surface area contributed by atoms with Crippen molar-refractivity contribution in [3.05, 3.63) is 54.1 Å². The van der Waals surface area contributed by atoms with Crippen LogP contribution < -0.4 is 10.1 Å². The Bertz CT molecular complexity index is 543. The van der Waals surface area contributed by atoms with Gasteiger partial charge in [-0.2, -0.15) is 0 Å². The standard InChI is InChI=1S/C17H19NO/c1-19-17-5-3-2-4-16(17)14-8-6-13(7-9-14)12-18-15-10-11-15/h2-9,15,18H,10-12H2,1H3. The Hall–Kier alpha value is -1.80. The van der Waals surface area contributed by atoms with Gasteiger partial charge < -0.3 is 10.1 Å². The predicted octanol–water partition coefficient (Wildman–Crippen LogP) is 3.61. The van der Waals surface area contributed by atoms with Crippen LogP contribution in [0.25, 0.3) is 11.1 Å². The maximum atomic E-state index is 5.40. The van der Waals surface area contributed by atoms with Crippen LogP contribution >= 0.6 is 0 Å². The molecule has 0 radical (unpaired) electrons. The van der Waals surface area contributed by atoms with Crippen molar-refractivity contribution < 1.29 is 4.74 Å². The molecule has 0 amide bonds. The van der Waals surface area contributed by atoms with E-state index in [1.165, 1.54) is 24.0 Å². The van der Waals surface area contributed by atoms with Gasteiger partial charge in [0, 0.05) is 18.2 Å². The molecule has 2 aromatic rings. The Morgan fingerprint density at radius 1 is 1.05 bits per heavy atom. The maximum Gasteiger partial charge on any atom is 0.126 e. The molecular formula is C17H19NO. The molecule has 2 aromatic carbocycles. The van der Waals surface area contributed by atoms with Gasteiger partial charge in [0.2, 0.25) is 0 Å². The quantitative estimate of drug-likeness (QED) is 0.878. The fraction of sp³-hybridized carbons (Fsp3) is 0.294. The van der Waals surface area contributed by atoms with Crippen LogP contribution in [0.2, 0.25) is 0 Å². The van der Waals surface area contributed by atoms with Gasteiger partial charge in [-0.1, -0.05) is 42.5 Å². The second kappa shape index (κ2) is 5.45. The summed E-state index contributed by atoms with van der Waals surface area (Å²) >= 11 is 0. The number of hydrogen-bond acceptors (Lipinski definition) is 2. The number of para-hydroxylation sites is 1. The molecule has 2 nitrogen and oxygen atoms in total. The van der Waals surface area contributed by atoms with Gasteiger partial charge in [-0.25, -0.2) is 0 Å². The van der Waals surface area contributed by atoms with E-state index in [1.54, 1.807) is 7.11 Å². The highest BCUT2D eigenvalue weighted by molar-refractivity contribution is 5.70. The lowest BCUT2D eigenvalue weighted by atomic mass is 10.0. The highest BCUT2D eigenvalue weighted by Crippen LogP contribution is 2.29. The van der Waals surface area contributed by atoms with Gasteiger partial charge in [0.1, 0.15) is 5.75 Å². The van der Waals surface area contributed by atoms with Crippen molar-refractivity contribution in [2.45, 2.75) is 25.4 Å². The first-order valence-electron chi connectivity index (χ1n) is 6.82. The van der Waals surface area contributed by atoms with Gasteiger partial charge in [-0.3, -0.25) is 0 Å². The predicted molar refractivity (Wildman–Crippen MR) is 78.3 cm³/mol. The number of nitrogens with one attached hydrogen (secondary N) is 1. The molecule has 0 aromatic heterocycles. The van der Waals surface area contributed by atoms with Crippen molar-refractivity contribution in [1.82, 2.24) is 5.32 Å². The second-order valence-corrected chi connectivity index (χ2v) is 5.05. The Balaban J connectivity index is 1.77. The smallest absolute Gasteiger partial charge is 0.126 e. The van der Waals surface area contributed by atoms with E-state index in [0.29, 0.717) is 0 Å². The molecule has 98 valence electrons. The Morgan fingerprint density at radius 2 is 1.79 bits per heavy atom. The van der Waals surface area contributed by atoms with E-state index in [0.717, 1.165) is 23.9 Å². The van der Waals surface area contributed by atoms with Crippen LogP contribution in [0.4, 0.5) is 0 Å². The number of hydrogen-bond donors (Lipinski definition) is 1. The van der Waals surface area contributed by atoms with E-state index < -0.39 is 0 Å². The van der Waals surface area contributed by atoms with Gasteiger partial charge in [-0.05, 0) is 30.0 Å². The van der Waals surface area contributed by atoms with Crippen LogP contribution in [-0.4, -0.2) is 13.2 Å². The van der Waals surface area contributed by atoms with Crippen LogP contribution in [0.3, 0.4) is 0 Å². The number of rotatable bonds is 5. The molecule has 19 heavy (non-hydrogen) atoms. The molecule has 2 heteroatoms. The number of methoxy groups -OCH3 is 1. The summed E-state index contributed by atoms with van der Waals surface area (Å²) in [5.41, 5.74) is 3.69. The number of benzene rings is 2. The second-order valence-electron chi connectivity index (χ2n) is 5.05. The van der Waals surface area contributed by atoms with E-state index in [-0.39, 0.29) is 0 Å². The first kappa shape index (κ1) is 12.2. The molecule has 0 spiro atoms. The van der Waals surface area contributed by atoms with Gasteiger partial charge in [0.25, 0.3) is 0 Å². The van der Waals surface area contributed by atoms with Gasteiger partial charge in [0.05, 0.1) is 7.11 Å². The lowest BCUT2D eigenvalue weighted by Crippen LogP contribution is -2.14. The van der Waals surface area contributed by atoms with Crippen molar-refractivity contribution in [1.29, 1.82) is 0 Å². The van der Waals surface area contributed by atoms with E-state index in [4.69, 9.17) is 4.74 Å². The van der Waals surface area contributed by atoms with Crippen LogP contribution in [0.1, 0.15) is 18.4 Å². The lowest BCUT2D eigenvalue weighted by Gasteiger charge is -2.09. The molecule has 0 aliphatic heterocycles. The topological polar surface area (TPSA) is 21.3 Å². The van der Waals surface area contributed by atoms with Crippen LogP contribution in [0, 0.1) is 0 Å². The molecule has 0 atom stereocenters. The maximum absolute atomic E-state index is 5.40. The number of ether oxygens (including phenoxy) is 1. The summed E-state index contributed by atoms with van der Waals surface area (Å²) in [6.07, 6.45) is 2.67. The van der Waals surface area contributed by atoms with Gasteiger partial charge >= 0.3 is 0 Å². The first-order chi connectivity index (χ1) is 9.36. The summed E-state index contributed by atoms with van der Waals surface area (Å²) in [6, 6.07) is 17.6. The molecule has 3 rings (SSSR count). The summed E-state index contributed by atoms with van der Waals surface area (Å²) in [5.74, 6) is 0.923. The van der Waals surface area contributed by atoms with Crippen molar-refractivity contribution in [2.24, 2.45) is 0 Å². The summed E-state index contributed by atoms with van der Waals surface area (Å²) in [5, 5.41) is 3.53. The minimum atomic E-state index is 0.758. The molecule has 1 aliphatic rings. The molecule has 0 unspecified atom stereocenters. The molecule has 1 fully saturated rings. The van der Waals surface area contributed by atoms with Crippen LogP contribution in [0.5, 0.6) is 5.75 Å². The molecule has 1 saturated carbocycles. The molecule has 1 aliphatic carbocycles. The van der Waals surface area contributed by atoms with Gasteiger partial charge in [-0.15, -0.1) is 0 Å². The normalized spacial score (nSPS) is 14.4. The van der Waals surface area contributed by atoms with E-state index in [2.05, 4.69) is 35.6 Å². The van der Waals surface area contributed by atoms with Crippen molar-refractivity contribution in [2.75, 3.05) is 7.11 Å². The highest BCUT2D eigenvalue weighted by atomic mass is 16.5. The summed E-state index contributed by atoms with van der Waals surface area (Å²) in [7, 11) is 1.72. The monoisotopic (exact) mass is 253 g/mol. The third-order valence-electron chi connectivity index (χ3n) is 3.54. The van der Waals surface area contributed by atoms with Crippen LogP contribution in [-0.2, 0) is 6.54 Å². The van der Waals surface area contributed by atoms with E-state index >= 15 is 0 Å². The zero-order valence-electron chi connectivity index (χ0n) is 11.2. The Morgan fingerprint density at radius 3 is 2.47 bits per heavy atom. The van der Waals surface area contributed by atoms with Crippen molar-refractivity contribution in [3.8, 4) is 16.9 Å². The lowest BCUT2D eigenvalue weighted by molar-refractivity contribution is 0.416. The summed E-state index contributed by atoms with van der Waals surface area (Å²) in [4.78, 5) is 0. The molecule has 1 N–H and O–H groups in total. The third kappa shape index (κ3) is 2.96. The minimum Gasteiger partial charge on any atom is -0.496 e. The molecule has 0 heterocycles. The highest BCUT2D eigenvalue weighted by Gasteiger charge is 2.19. The fourth-order valence-corrected chi connectivity index (χ4v) is 2.23. The Labute approximate surface area is 114 Å². The molecule has 0 bridgehead atoms. The average Bonchev–Trinajstić information content (AvgIpc) is 3.30. The van der Waals surface area contributed by atoms with Crippen molar-refractivity contribution >= 4 is 0 Å². The SMILES string of the molecule is COc1ccccc1-c1ccc(CNC2CC2)cc1. The Kier molecular flexibility index (Phi) is 3.51. The van der Waals surface area contributed by atoms with E-state index in [1.807, 2.05) is 18.2 Å². The summed E-state index contributed by atoms with van der Waals surface area (Å²) < 4.78 is 5.40. The minimum absolute atomic E-state index is 0.758.